The Morgan fingerprint density at radius 2 is 1.95 bits per heavy atom. The molecule has 1 aliphatic rings. The van der Waals surface area contributed by atoms with Crippen molar-refractivity contribution in [2.45, 2.75) is 57.9 Å². The Morgan fingerprint density at radius 1 is 1.30 bits per heavy atom. The standard InChI is InChI=1S/C16H32N2O2/c1-14(2)13-18(10-11-20-4)15(19)12-16(17-3)8-6-5-7-9-16/h14,17H,5-13H2,1-4H3. The molecular formula is C16H32N2O2. The molecule has 1 fully saturated rings. The molecular weight excluding hydrogens is 252 g/mol. The van der Waals surface area contributed by atoms with E-state index in [0.29, 0.717) is 25.5 Å². The second-order valence-corrected chi connectivity index (χ2v) is 6.49. The van der Waals surface area contributed by atoms with E-state index in [2.05, 4.69) is 19.2 Å². The van der Waals surface area contributed by atoms with Crippen molar-refractivity contribution in [2.75, 3.05) is 33.9 Å². The second-order valence-electron chi connectivity index (χ2n) is 6.49. The van der Waals surface area contributed by atoms with Crippen molar-refractivity contribution in [1.82, 2.24) is 10.2 Å². The number of hydrogen-bond acceptors (Lipinski definition) is 3. The highest BCUT2D eigenvalue weighted by molar-refractivity contribution is 5.77. The first kappa shape index (κ1) is 17.4. The van der Waals surface area contributed by atoms with Crippen LogP contribution in [0.1, 0.15) is 52.4 Å². The van der Waals surface area contributed by atoms with Crippen molar-refractivity contribution < 1.29 is 9.53 Å². The fraction of sp³-hybridized carbons (Fsp3) is 0.938. The number of hydrogen-bond donors (Lipinski definition) is 1. The highest BCUT2D eigenvalue weighted by atomic mass is 16.5. The average molecular weight is 284 g/mol. The molecule has 0 radical (unpaired) electrons. The lowest BCUT2D eigenvalue weighted by Crippen LogP contribution is -2.49. The van der Waals surface area contributed by atoms with Crippen LogP contribution in [0.25, 0.3) is 0 Å². The molecule has 0 atom stereocenters. The lowest BCUT2D eigenvalue weighted by Gasteiger charge is -2.38. The predicted molar refractivity (Wildman–Crippen MR) is 82.8 cm³/mol. The quantitative estimate of drug-likeness (QED) is 0.744. The molecule has 20 heavy (non-hydrogen) atoms. The molecule has 4 nitrogen and oxygen atoms in total. The number of rotatable bonds is 8. The van der Waals surface area contributed by atoms with Gasteiger partial charge in [-0.25, -0.2) is 0 Å². The van der Waals surface area contributed by atoms with Gasteiger partial charge >= 0.3 is 0 Å². The number of nitrogens with one attached hydrogen (secondary N) is 1. The Labute approximate surface area is 124 Å². The van der Waals surface area contributed by atoms with Crippen LogP contribution in [0, 0.1) is 5.92 Å². The zero-order chi connectivity index (χ0) is 15.0. The Hall–Kier alpha value is -0.610. The van der Waals surface area contributed by atoms with Gasteiger partial charge in [-0.2, -0.15) is 0 Å². The van der Waals surface area contributed by atoms with Crippen LogP contribution in [0.2, 0.25) is 0 Å². The topological polar surface area (TPSA) is 41.6 Å². The Morgan fingerprint density at radius 3 is 2.45 bits per heavy atom. The third kappa shape index (κ3) is 5.41. The maximum atomic E-state index is 12.6. The normalized spacial score (nSPS) is 18.2. The summed E-state index contributed by atoms with van der Waals surface area (Å²) in [7, 11) is 3.69. The van der Waals surface area contributed by atoms with Gasteiger partial charge in [-0.3, -0.25) is 4.79 Å². The zero-order valence-corrected chi connectivity index (χ0v) is 13.7. The molecule has 0 saturated heterocycles. The van der Waals surface area contributed by atoms with Crippen LogP contribution >= 0.6 is 0 Å². The molecule has 4 heteroatoms. The number of nitrogens with zero attached hydrogens (tertiary/aromatic N) is 1. The van der Waals surface area contributed by atoms with Crippen LogP contribution in [0.3, 0.4) is 0 Å². The van der Waals surface area contributed by atoms with Crippen LogP contribution < -0.4 is 5.32 Å². The molecule has 0 bridgehead atoms. The van der Waals surface area contributed by atoms with Gasteiger partial charge in [-0.1, -0.05) is 33.1 Å². The molecule has 0 heterocycles. The Kier molecular flexibility index (Phi) is 7.52. The van der Waals surface area contributed by atoms with E-state index in [0.717, 1.165) is 19.4 Å². The average Bonchev–Trinajstić information content (AvgIpc) is 2.44. The van der Waals surface area contributed by atoms with Crippen LogP contribution in [0.5, 0.6) is 0 Å². The maximum absolute atomic E-state index is 12.6. The fourth-order valence-corrected chi connectivity index (χ4v) is 3.11. The van der Waals surface area contributed by atoms with Gasteiger partial charge in [0.1, 0.15) is 0 Å². The summed E-state index contributed by atoms with van der Waals surface area (Å²) in [5, 5.41) is 3.43. The van der Waals surface area contributed by atoms with E-state index in [9.17, 15) is 4.79 Å². The third-order valence-corrected chi connectivity index (χ3v) is 4.33. The minimum atomic E-state index is 0.0254. The largest absolute Gasteiger partial charge is 0.383 e. The first-order valence-electron chi connectivity index (χ1n) is 7.98. The van der Waals surface area contributed by atoms with E-state index in [1.807, 2.05) is 11.9 Å². The summed E-state index contributed by atoms with van der Waals surface area (Å²) in [5.74, 6) is 0.764. The van der Waals surface area contributed by atoms with Crippen LogP contribution in [-0.4, -0.2) is 50.2 Å². The SMILES string of the molecule is CNC1(CC(=O)N(CCOC)CC(C)C)CCCCC1. The molecule has 0 spiro atoms. The number of ether oxygens (including phenoxy) is 1. The molecule has 1 saturated carbocycles. The number of carbonyl (C=O) groups excluding carboxylic acids is 1. The lowest BCUT2D eigenvalue weighted by molar-refractivity contribution is -0.134. The van der Waals surface area contributed by atoms with Gasteiger partial charge in [-0.05, 0) is 25.8 Å². The zero-order valence-electron chi connectivity index (χ0n) is 13.7. The first-order chi connectivity index (χ1) is 9.53. The molecule has 1 amide bonds. The molecule has 118 valence electrons. The highest BCUT2D eigenvalue weighted by Gasteiger charge is 2.34. The van der Waals surface area contributed by atoms with Gasteiger partial charge in [0, 0.05) is 32.2 Å². The van der Waals surface area contributed by atoms with Gasteiger partial charge in [0.15, 0.2) is 0 Å². The number of methoxy groups -OCH3 is 1. The minimum Gasteiger partial charge on any atom is -0.383 e. The van der Waals surface area contributed by atoms with Crippen molar-refractivity contribution in [3.63, 3.8) is 0 Å². The summed E-state index contributed by atoms with van der Waals surface area (Å²) in [6, 6.07) is 0. The van der Waals surface area contributed by atoms with Gasteiger partial charge < -0.3 is 15.0 Å². The predicted octanol–water partition coefficient (Wildman–Crippen LogP) is 2.43. The molecule has 0 aromatic rings. The third-order valence-electron chi connectivity index (χ3n) is 4.33. The number of carbonyl (C=O) groups is 1. The van der Waals surface area contributed by atoms with Crippen molar-refractivity contribution in [2.24, 2.45) is 5.92 Å². The van der Waals surface area contributed by atoms with Crippen molar-refractivity contribution in [3.8, 4) is 0 Å². The summed E-state index contributed by atoms with van der Waals surface area (Å²) in [4.78, 5) is 14.6. The summed E-state index contributed by atoms with van der Waals surface area (Å²) >= 11 is 0. The molecule has 0 aliphatic heterocycles. The van der Waals surface area contributed by atoms with Gasteiger partial charge in [0.05, 0.1) is 6.61 Å². The van der Waals surface area contributed by atoms with Gasteiger partial charge in [-0.15, -0.1) is 0 Å². The Balaban J connectivity index is 2.62. The van der Waals surface area contributed by atoms with Gasteiger partial charge in [0.2, 0.25) is 5.91 Å². The number of amides is 1. The molecule has 0 unspecified atom stereocenters. The van der Waals surface area contributed by atoms with E-state index in [1.54, 1.807) is 7.11 Å². The highest BCUT2D eigenvalue weighted by Crippen LogP contribution is 2.31. The molecule has 1 N–H and O–H groups in total. The van der Waals surface area contributed by atoms with Crippen LogP contribution in [0.4, 0.5) is 0 Å². The van der Waals surface area contributed by atoms with Crippen molar-refractivity contribution >= 4 is 5.91 Å². The van der Waals surface area contributed by atoms with E-state index < -0.39 is 0 Å². The second kappa shape index (κ2) is 8.63. The van der Waals surface area contributed by atoms with Crippen molar-refractivity contribution in [3.05, 3.63) is 0 Å². The van der Waals surface area contributed by atoms with Crippen LogP contribution in [0.15, 0.2) is 0 Å². The first-order valence-corrected chi connectivity index (χ1v) is 7.98. The van der Waals surface area contributed by atoms with Crippen LogP contribution in [-0.2, 0) is 9.53 Å². The summed E-state index contributed by atoms with van der Waals surface area (Å²) in [5.41, 5.74) is 0.0254. The smallest absolute Gasteiger partial charge is 0.224 e. The van der Waals surface area contributed by atoms with Crippen molar-refractivity contribution in [1.29, 1.82) is 0 Å². The monoisotopic (exact) mass is 284 g/mol. The van der Waals surface area contributed by atoms with Gasteiger partial charge in [0.25, 0.3) is 0 Å². The van der Waals surface area contributed by atoms with E-state index in [4.69, 9.17) is 4.74 Å². The van der Waals surface area contributed by atoms with E-state index in [1.165, 1.54) is 19.3 Å². The molecule has 0 aromatic carbocycles. The van der Waals surface area contributed by atoms with E-state index in [-0.39, 0.29) is 11.4 Å². The lowest BCUT2D eigenvalue weighted by atomic mass is 9.79. The Bertz CT molecular complexity index is 286. The minimum absolute atomic E-state index is 0.0254. The van der Waals surface area contributed by atoms with E-state index >= 15 is 0 Å². The molecule has 1 rings (SSSR count). The fourth-order valence-electron chi connectivity index (χ4n) is 3.11. The summed E-state index contributed by atoms with van der Waals surface area (Å²) < 4.78 is 5.14. The maximum Gasteiger partial charge on any atom is 0.224 e. The summed E-state index contributed by atoms with van der Waals surface area (Å²) in [6.07, 6.45) is 6.63. The summed E-state index contributed by atoms with van der Waals surface area (Å²) in [6.45, 7) is 6.45. The molecule has 0 aromatic heterocycles. The molecule has 1 aliphatic carbocycles.